The van der Waals surface area contributed by atoms with E-state index in [1.54, 1.807) is 17.2 Å². The first-order valence-electron chi connectivity index (χ1n) is 15.9. The highest BCUT2D eigenvalue weighted by Crippen LogP contribution is 2.36. The summed E-state index contributed by atoms with van der Waals surface area (Å²) in [5.41, 5.74) is 6.67. The number of pyridine rings is 2. The van der Waals surface area contributed by atoms with Crippen LogP contribution in [0.25, 0.3) is 0 Å². The van der Waals surface area contributed by atoms with E-state index in [1.807, 2.05) is 64.8 Å². The number of amides is 2. The Morgan fingerprint density at radius 1 is 0.739 bits per heavy atom. The predicted octanol–water partition coefficient (Wildman–Crippen LogP) is 4.83. The van der Waals surface area contributed by atoms with Gasteiger partial charge in [-0.3, -0.25) is 0 Å². The molecule has 4 aliphatic rings. The van der Waals surface area contributed by atoms with Crippen molar-refractivity contribution in [1.29, 1.82) is 0 Å². The van der Waals surface area contributed by atoms with Crippen LogP contribution in [0.1, 0.15) is 67.2 Å². The van der Waals surface area contributed by atoms with E-state index >= 15 is 0 Å². The summed E-state index contributed by atoms with van der Waals surface area (Å²) >= 11 is 0. The third kappa shape index (κ3) is 7.71. The van der Waals surface area contributed by atoms with E-state index in [9.17, 15) is 19.7 Å². The van der Waals surface area contributed by atoms with E-state index < -0.39 is 16.1 Å². The van der Waals surface area contributed by atoms with Gasteiger partial charge >= 0.3 is 18.0 Å². The van der Waals surface area contributed by atoms with E-state index in [4.69, 9.17) is 15.2 Å². The third-order valence-electron chi connectivity index (χ3n) is 8.55. The van der Waals surface area contributed by atoms with Gasteiger partial charge in [-0.25, -0.2) is 14.6 Å². The Bertz CT molecular complexity index is 1380. The molecule has 0 saturated carbocycles. The average Bonchev–Trinajstić information content (AvgIpc) is 3.38. The zero-order chi connectivity index (χ0) is 33.4. The Morgan fingerprint density at radius 2 is 1.13 bits per heavy atom. The number of nitrogens with zero attached hydrogens (tertiary/aromatic N) is 7. The highest BCUT2D eigenvalue weighted by Gasteiger charge is 2.44. The lowest BCUT2D eigenvalue weighted by molar-refractivity contribution is -0.389. The maximum absolute atomic E-state index is 12.3. The maximum Gasteiger partial charge on any atom is 0.410 e. The number of carbonyl (C=O) groups excluding carboxylic acids is 2. The lowest BCUT2D eigenvalue weighted by Crippen LogP contribution is -2.56. The van der Waals surface area contributed by atoms with Gasteiger partial charge < -0.3 is 44.9 Å². The van der Waals surface area contributed by atoms with Crippen LogP contribution in [-0.2, 0) is 9.47 Å². The molecule has 250 valence electrons. The van der Waals surface area contributed by atoms with E-state index in [0.717, 1.165) is 37.1 Å². The van der Waals surface area contributed by atoms with Gasteiger partial charge in [-0.1, -0.05) is 0 Å². The van der Waals surface area contributed by atoms with Crippen molar-refractivity contribution in [3.05, 3.63) is 46.8 Å². The summed E-state index contributed by atoms with van der Waals surface area (Å²) in [7, 11) is 0. The number of likely N-dealkylation sites (tertiary alicyclic amines) is 2. The standard InChI is InChI=1S/C16H22N4O4.C16H24N4O2/c1-16(2,3)24-15(21)18-9-12-4-5-13(10-18)19(12)11-6-7-14(17-8-11)20(22)23;1-16(2,3)22-15(21)19-9-12-4-5-13(10-19)20(12)11-6-7-14(17)18-8-11/h6-8,12-13H,4-5,9-10H2,1-3H3;6-8,12-13H,4-5,9-10H2,1-3H3,(H2,17,18). The van der Waals surface area contributed by atoms with E-state index in [0.29, 0.717) is 44.1 Å². The fourth-order valence-corrected chi connectivity index (χ4v) is 6.79. The zero-order valence-corrected chi connectivity index (χ0v) is 27.6. The molecule has 4 unspecified atom stereocenters. The van der Waals surface area contributed by atoms with Gasteiger partial charge in [0.1, 0.15) is 17.0 Å². The minimum absolute atomic E-state index is 0.154. The van der Waals surface area contributed by atoms with Crippen molar-refractivity contribution in [2.45, 2.75) is 103 Å². The van der Waals surface area contributed by atoms with Crippen LogP contribution in [0.4, 0.5) is 32.6 Å². The Kier molecular flexibility index (Phi) is 9.19. The second-order valence-corrected chi connectivity index (χ2v) is 14.4. The van der Waals surface area contributed by atoms with E-state index in [2.05, 4.69) is 19.8 Å². The average molecular weight is 639 g/mol. The SMILES string of the molecule is CC(C)(C)OC(=O)N1CC2CCC(C1)N2c1ccc(N)nc1.CC(C)(C)OC(=O)N1CC2CCC(C1)N2c1ccc([N+](=O)[O-])nc1. The van der Waals surface area contributed by atoms with E-state index in [-0.39, 0.29) is 30.1 Å². The molecule has 4 bridgehead atoms. The molecular weight excluding hydrogens is 592 g/mol. The first kappa shape index (κ1) is 33.0. The molecule has 14 heteroatoms. The monoisotopic (exact) mass is 638 g/mol. The number of carbonyl (C=O) groups is 2. The summed E-state index contributed by atoms with van der Waals surface area (Å²) < 4.78 is 11.0. The predicted molar refractivity (Wildman–Crippen MR) is 174 cm³/mol. The number of nitrogen functional groups attached to an aromatic ring is 1. The van der Waals surface area contributed by atoms with Gasteiger partial charge in [0, 0.05) is 56.4 Å². The molecule has 2 aromatic heterocycles. The Hall–Kier alpha value is -4.36. The minimum atomic E-state index is -0.504. The lowest BCUT2D eigenvalue weighted by Gasteiger charge is -2.42. The Balaban J connectivity index is 0.000000182. The molecule has 0 aromatic carbocycles. The fraction of sp³-hybridized carbons (Fsp3) is 0.625. The number of aromatic nitrogens is 2. The largest absolute Gasteiger partial charge is 0.444 e. The van der Waals surface area contributed by atoms with Gasteiger partial charge in [-0.05, 0) is 95.3 Å². The lowest BCUT2D eigenvalue weighted by atomic mass is 10.1. The molecule has 2 aromatic rings. The van der Waals surface area contributed by atoms with Crippen molar-refractivity contribution in [3.8, 4) is 0 Å². The summed E-state index contributed by atoms with van der Waals surface area (Å²) in [4.78, 5) is 51.1. The van der Waals surface area contributed by atoms with Gasteiger partial charge in [-0.2, -0.15) is 0 Å². The number of piperazine rings is 2. The molecule has 4 saturated heterocycles. The van der Waals surface area contributed by atoms with Gasteiger partial charge in [0.2, 0.25) is 0 Å². The molecule has 2 N–H and O–H groups in total. The Labute approximate surface area is 270 Å². The minimum Gasteiger partial charge on any atom is -0.444 e. The van der Waals surface area contributed by atoms with Gasteiger partial charge in [0.05, 0.1) is 17.6 Å². The fourth-order valence-electron chi connectivity index (χ4n) is 6.79. The number of hydrogen-bond donors (Lipinski definition) is 1. The summed E-state index contributed by atoms with van der Waals surface area (Å²) in [6.07, 6.45) is 7.04. The summed E-state index contributed by atoms with van der Waals surface area (Å²) in [6, 6.07) is 8.05. The van der Waals surface area contributed by atoms with E-state index in [1.165, 1.54) is 6.07 Å². The van der Waals surface area contributed by atoms with Crippen molar-refractivity contribution in [1.82, 2.24) is 19.8 Å². The summed E-state index contributed by atoms with van der Waals surface area (Å²) in [6.45, 7) is 13.9. The molecule has 4 atom stereocenters. The number of anilines is 3. The van der Waals surface area contributed by atoms with Crippen LogP contribution in [0.15, 0.2) is 36.7 Å². The van der Waals surface area contributed by atoms with Crippen molar-refractivity contribution < 1.29 is 24.0 Å². The summed E-state index contributed by atoms with van der Waals surface area (Å²) in [5, 5.41) is 10.7. The number of ether oxygens (including phenoxy) is 2. The third-order valence-corrected chi connectivity index (χ3v) is 8.55. The zero-order valence-electron chi connectivity index (χ0n) is 27.6. The summed E-state index contributed by atoms with van der Waals surface area (Å²) in [5.74, 6) is 0.377. The molecule has 14 nitrogen and oxygen atoms in total. The first-order valence-corrected chi connectivity index (χ1v) is 15.9. The molecule has 2 amide bonds. The maximum atomic E-state index is 12.3. The second kappa shape index (κ2) is 12.8. The molecular formula is C32H46N8O6. The van der Waals surface area contributed by atoms with Crippen LogP contribution in [0, 0.1) is 10.1 Å². The molecule has 6 heterocycles. The van der Waals surface area contributed by atoms with Crippen LogP contribution in [-0.4, -0.2) is 98.4 Å². The highest BCUT2D eigenvalue weighted by atomic mass is 16.6. The van der Waals surface area contributed by atoms with Crippen molar-refractivity contribution in [2.75, 3.05) is 41.7 Å². The quantitative estimate of drug-likeness (QED) is 0.362. The highest BCUT2D eigenvalue weighted by molar-refractivity contribution is 5.70. The van der Waals surface area contributed by atoms with Crippen LogP contribution in [0.2, 0.25) is 0 Å². The molecule has 0 radical (unpaired) electrons. The smallest absolute Gasteiger partial charge is 0.410 e. The molecule has 4 aliphatic heterocycles. The second-order valence-electron chi connectivity index (χ2n) is 14.4. The Morgan fingerprint density at radius 3 is 1.43 bits per heavy atom. The number of rotatable bonds is 3. The van der Waals surface area contributed by atoms with Crippen molar-refractivity contribution in [2.24, 2.45) is 0 Å². The molecule has 6 rings (SSSR count). The molecule has 4 fully saturated rings. The van der Waals surface area contributed by atoms with Gasteiger partial charge in [0.25, 0.3) is 0 Å². The van der Waals surface area contributed by atoms with Crippen LogP contribution in [0.5, 0.6) is 0 Å². The van der Waals surface area contributed by atoms with Crippen molar-refractivity contribution >= 4 is 35.2 Å². The first-order chi connectivity index (χ1) is 21.6. The van der Waals surface area contributed by atoms with Gasteiger partial charge in [-0.15, -0.1) is 0 Å². The molecule has 0 spiro atoms. The molecule has 46 heavy (non-hydrogen) atoms. The number of fused-ring (bicyclic) bond motifs is 4. The van der Waals surface area contributed by atoms with Crippen LogP contribution < -0.4 is 15.5 Å². The molecule has 0 aliphatic carbocycles. The van der Waals surface area contributed by atoms with Crippen LogP contribution in [0.3, 0.4) is 0 Å². The normalized spacial score (nSPS) is 23.9. The van der Waals surface area contributed by atoms with Gasteiger partial charge in [0.15, 0.2) is 6.20 Å². The number of hydrogen-bond acceptors (Lipinski definition) is 11. The topological polar surface area (TPSA) is 160 Å². The van der Waals surface area contributed by atoms with Crippen LogP contribution >= 0.6 is 0 Å². The number of nitro groups is 1. The van der Waals surface area contributed by atoms with Crippen molar-refractivity contribution in [3.63, 3.8) is 0 Å². The number of nitrogens with two attached hydrogens (primary N) is 1.